The first-order valence-corrected chi connectivity index (χ1v) is 8.49. The van der Waals surface area contributed by atoms with E-state index in [1.165, 1.54) is 12.3 Å². The van der Waals surface area contributed by atoms with Gasteiger partial charge in [0.25, 0.3) is 11.8 Å². The van der Waals surface area contributed by atoms with Crippen molar-refractivity contribution >= 4 is 52.8 Å². The molecule has 0 unspecified atom stereocenters. The molecule has 2 aromatic rings. The quantitative estimate of drug-likeness (QED) is 0.539. The van der Waals surface area contributed by atoms with Gasteiger partial charge in [-0.2, -0.15) is 5.10 Å². The maximum absolute atomic E-state index is 11.7. The lowest BCUT2D eigenvalue weighted by Gasteiger charge is -2.08. The van der Waals surface area contributed by atoms with E-state index >= 15 is 0 Å². The largest absolute Gasteiger partial charge is 0.482 e. The number of ether oxygens (including phenoxy) is 1. The van der Waals surface area contributed by atoms with Crippen LogP contribution in [0, 0.1) is 0 Å². The molecule has 0 saturated carbocycles. The summed E-state index contributed by atoms with van der Waals surface area (Å²) in [6.45, 7) is -0.531. The molecule has 0 aliphatic heterocycles. The van der Waals surface area contributed by atoms with Gasteiger partial charge in [0.15, 0.2) is 6.61 Å². The van der Waals surface area contributed by atoms with Gasteiger partial charge in [-0.1, -0.05) is 46.9 Å². The van der Waals surface area contributed by atoms with Gasteiger partial charge in [-0.3, -0.25) is 9.59 Å². The van der Waals surface area contributed by atoms with E-state index < -0.39 is 11.8 Å². The first-order valence-electron chi connectivity index (χ1n) is 7.36. The summed E-state index contributed by atoms with van der Waals surface area (Å²) in [7, 11) is 0. The van der Waals surface area contributed by atoms with Crippen molar-refractivity contribution in [1.82, 2.24) is 10.7 Å². The molecular formula is C17H14Cl3N3O3. The number of hydrogen-bond donors (Lipinski definition) is 2. The Morgan fingerprint density at radius 2 is 1.69 bits per heavy atom. The molecule has 2 N–H and O–H groups in total. The molecule has 0 radical (unpaired) electrons. The first kappa shape index (κ1) is 20.0. The Morgan fingerprint density at radius 3 is 2.38 bits per heavy atom. The van der Waals surface area contributed by atoms with Gasteiger partial charge in [-0.15, -0.1) is 0 Å². The van der Waals surface area contributed by atoms with Crippen molar-refractivity contribution in [2.75, 3.05) is 13.2 Å². The van der Waals surface area contributed by atoms with Crippen molar-refractivity contribution in [3.63, 3.8) is 0 Å². The van der Waals surface area contributed by atoms with Crippen LogP contribution in [-0.2, 0) is 9.59 Å². The molecule has 2 amide bonds. The zero-order valence-electron chi connectivity index (χ0n) is 13.3. The van der Waals surface area contributed by atoms with Crippen molar-refractivity contribution in [2.45, 2.75) is 0 Å². The van der Waals surface area contributed by atoms with E-state index in [0.29, 0.717) is 20.8 Å². The average molecular weight is 415 g/mol. The standard InChI is InChI=1S/C17H14Cl3N3O3/c18-12-3-1-11(2-4-12)8-22-23-16(24)9-21-17(25)10-26-15-6-5-13(19)7-14(15)20/h1-8H,9-10H2,(H,21,25)(H,23,24)/b22-8-. The van der Waals surface area contributed by atoms with E-state index in [-0.39, 0.29) is 13.2 Å². The monoisotopic (exact) mass is 413 g/mol. The van der Waals surface area contributed by atoms with Gasteiger partial charge >= 0.3 is 0 Å². The molecule has 0 aliphatic rings. The molecule has 0 fully saturated rings. The SMILES string of the molecule is O=C(COc1ccc(Cl)cc1Cl)NCC(=O)N/N=C\c1ccc(Cl)cc1. The van der Waals surface area contributed by atoms with Crippen molar-refractivity contribution in [1.29, 1.82) is 0 Å². The third-order valence-electron chi connectivity index (χ3n) is 2.97. The Morgan fingerprint density at radius 1 is 1.00 bits per heavy atom. The summed E-state index contributed by atoms with van der Waals surface area (Å²) >= 11 is 17.5. The predicted octanol–water partition coefficient (Wildman–Crippen LogP) is 3.29. The van der Waals surface area contributed by atoms with Gasteiger partial charge in [0.1, 0.15) is 5.75 Å². The van der Waals surface area contributed by atoms with Gasteiger partial charge in [-0.25, -0.2) is 5.43 Å². The zero-order chi connectivity index (χ0) is 18.9. The van der Waals surface area contributed by atoms with Gasteiger partial charge in [0, 0.05) is 10.0 Å². The molecule has 9 heteroatoms. The van der Waals surface area contributed by atoms with Crippen LogP contribution in [-0.4, -0.2) is 31.2 Å². The van der Waals surface area contributed by atoms with Gasteiger partial charge in [0.05, 0.1) is 17.8 Å². The minimum atomic E-state index is -0.479. The maximum Gasteiger partial charge on any atom is 0.259 e. The first-order chi connectivity index (χ1) is 12.4. The number of benzene rings is 2. The number of carbonyl (C=O) groups is 2. The summed E-state index contributed by atoms with van der Waals surface area (Å²) in [4.78, 5) is 23.3. The molecule has 2 rings (SSSR count). The second-order valence-electron chi connectivity index (χ2n) is 4.98. The number of rotatable bonds is 7. The fourth-order valence-electron chi connectivity index (χ4n) is 1.73. The number of amides is 2. The van der Waals surface area contributed by atoms with Crippen LogP contribution in [0.4, 0.5) is 0 Å². The average Bonchev–Trinajstić information content (AvgIpc) is 2.61. The Balaban J connectivity index is 1.69. The van der Waals surface area contributed by atoms with Crippen LogP contribution >= 0.6 is 34.8 Å². The summed E-state index contributed by atoms with van der Waals surface area (Å²) < 4.78 is 5.26. The fourth-order valence-corrected chi connectivity index (χ4v) is 2.32. The lowest BCUT2D eigenvalue weighted by atomic mass is 10.2. The molecule has 0 bridgehead atoms. The highest BCUT2D eigenvalue weighted by Crippen LogP contribution is 2.27. The van der Waals surface area contributed by atoms with Crippen LogP contribution in [0.1, 0.15) is 5.56 Å². The normalized spacial score (nSPS) is 10.6. The van der Waals surface area contributed by atoms with Crippen LogP contribution < -0.4 is 15.5 Å². The molecule has 2 aromatic carbocycles. The van der Waals surface area contributed by atoms with Crippen molar-refractivity contribution in [2.24, 2.45) is 5.10 Å². The van der Waals surface area contributed by atoms with E-state index in [2.05, 4.69) is 15.8 Å². The van der Waals surface area contributed by atoms with E-state index in [0.717, 1.165) is 5.56 Å². The Kier molecular flexibility index (Phi) is 7.72. The molecule has 136 valence electrons. The molecule has 0 atom stereocenters. The second-order valence-corrected chi connectivity index (χ2v) is 6.26. The Labute approximate surface area is 165 Å². The smallest absolute Gasteiger partial charge is 0.259 e. The number of hydrazone groups is 1. The predicted molar refractivity (Wildman–Crippen MR) is 102 cm³/mol. The number of carbonyl (C=O) groups excluding carboxylic acids is 2. The van der Waals surface area contributed by atoms with E-state index in [1.54, 1.807) is 36.4 Å². The van der Waals surface area contributed by atoms with Crippen LogP contribution in [0.5, 0.6) is 5.75 Å². The van der Waals surface area contributed by atoms with E-state index in [9.17, 15) is 9.59 Å². The van der Waals surface area contributed by atoms with Crippen molar-refractivity contribution in [3.05, 3.63) is 63.1 Å². The Hall–Kier alpha value is -2.28. The second kappa shape index (κ2) is 10.0. The van der Waals surface area contributed by atoms with Crippen molar-refractivity contribution in [3.8, 4) is 5.75 Å². The van der Waals surface area contributed by atoms with Crippen molar-refractivity contribution < 1.29 is 14.3 Å². The maximum atomic E-state index is 11.7. The summed E-state index contributed by atoms with van der Waals surface area (Å²) in [5.74, 6) is -0.635. The van der Waals surface area contributed by atoms with Crippen LogP contribution in [0.25, 0.3) is 0 Å². The van der Waals surface area contributed by atoms with E-state index in [4.69, 9.17) is 39.5 Å². The highest BCUT2D eigenvalue weighted by atomic mass is 35.5. The van der Waals surface area contributed by atoms with Crippen LogP contribution in [0.2, 0.25) is 15.1 Å². The van der Waals surface area contributed by atoms with Gasteiger partial charge in [0.2, 0.25) is 0 Å². The third kappa shape index (κ3) is 6.92. The Bertz CT molecular complexity index is 811. The number of nitrogens with one attached hydrogen (secondary N) is 2. The fraction of sp³-hybridized carbons (Fsp3) is 0.118. The summed E-state index contributed by atoms with van der Waals surface area (Å²) in [5.41, 5.74) is 3.07. The third-order valence-corrected chi connectivity index (χ3v) is 3.75. The molecule has 0 saturated heterocycles. The lowest BCUT2D eigenvalue weighted by Crippen LogP contribution is -2.37. The molecule has 0 aliphatic carbocycles. The molecule has 0 heterocycles. The summed E-state index contributed by atoms with van der Waals surface area (Å²) in [5, 5.41) is 7.55. The summed E-state index contributed by atoms with van der Waals surface area (Å²) in [6, 6.07) is 11.6. The number of halogens is 3. The van der Waals surface area contributed by atoms with Gasteiger partial charge in [-0.05, 0) is 35.9 Å². The topological polar surface area (TPSA) is 79.8 Å². The molecule has 0 spiro atoms. The van der Waals surface area contributed by atoms with Crippen LogP contribution in [0.3, 0.4) is 0 Å². The molecular weight excluding hydrogens is 401 g/mol. The lowest BCUT2D eigenvalue weighted by molar-refractivity contribution is -0.127. The highest BCUT2D eigenvalue weighted by Gasteiger charge is 2.08. The van der Waals surface area contributed by atoms with Gasteiger partial charge < -0.3 is 10.1 Å². The highest BCUT2D eigenvalue weighted by molar-refractivity contribution is 6.35. The minimum absolute atomic E-state index is 0.242. The van der Waals surface area contributed by atoms with Crippen LogP contribution in [0.15, 0.2) is 47.6 Å². The molecule has 0 aromatic heterocycles. The number of nitrogens with zero attached hydrogens (tertiary/aromatic N) is 1. The number of hydrogen-bond acceptors (Lipinski definition) is 4. The summed E-state index contributed by atoms with van der Waals surface area (Å²) in [6.07, 6.45) is 1.46. The molecule has 6 nitrogen and oxygen atoms in total. The molecule has 26 heavy (non-hydrogen) atoms. The zero-order valence-corrected chi connectivity index (χ0v) is 15.6. The van der Waals surface area contributed by atoms with E-state index in [1.807, 2.05) is 0 Å². The minimum Gasteiger partial charge on any atom is -0.482 e.